The lowest BCUT2D eigenvalue weighted by Gasteiger charge is -2.19. The van der Waals surface area contributed by atoms with E-state index in [0.717, 1.165) is 6.42 Å². The Balaban J connectivity index is 2.17. The van der Waals surface area contributed by atoms with Crippen LogP contribution in [0.5, 0.6) is 11.5 Å². The predicted molar refractivity (Wildman–Crippen MR) is 101 cm³/mol. The van der Waals surface area contributed by atoms with Crippen LogP contribution < -0.4 is 14.8 Å². The molecule has 0 atom stereocenters. The van der Waals surface area contributed by atoms with Crippen molar-refractivity contribution in [2.75, 3.05) is 18.5 Å². The molecule has 1 aromatic carbocycles. The van der Waals surface area contributed by atoms with Crippen LogP contribution in [0.1, 0.15) is 44.5 Å². The SMILES string of the molecule is CCCOc1ccc(C(=O)Nc2cnn(C(C)(C)C(=O)O)c2)cc1OCC. The summed E-state index contributed by atoms with van der Waals surface area (Å²) < 4.78 is 12.5. The number of nitrogens with one attached hydrogen (secondary N) is 1. The van der Waals surface area contributed by atoms with E-state index < -0.39 is 11.5 Å². The van der Waals surface area contributed by atoms with E-state index in [1.54, 1.807) is 18.2 Å². The molecule has 0 spiro atoms. The Bertz CT molecular complexity index is 813. The molecule has 0 fully saturated rings. The first-order valence-corrected chi connectivity index (χ1v) is 8.79. The fraction of sp³-hybridized carbons (Fsp3) is 0.421. The molecule has 27 heavy (non-hydrogen) atoms. The second-order valence-corrected chi connectivity index (χ2v) is 6.43. The van der Waals surface area contributed by atoms with Gasteiger partial charge in [0.2, 0.25) is 0 Å². The summed E-state index contributed by atoms with van der Waals surface area (Å²) in [6.45, 7) is 7.92. The van der Waals surface area contributed by atoms with Gasteiger partial charge < -0.3 is 19.9 Å². The fourth-order valence-electron chi connectivity index (χ4n) is 2.24. The molecule has 0 aliphatic heterocycles. The first-order chi connectivity index (χ1) is 12.8. The van der Waals surface area contributed by atoms with E-state index in [0.29, 0.717) is 36.0 Å². The van der Waals surface area contributed by atoms with Crippen molar-refractivity contribution in [1.29, 1.82) is 0 Å². The number of carbonyl (C=O) groups is 2. The van der Waals surface area contributed by atoms with Gasteiger partial charge in [0.15, 0.2) is 17.0 Å². The number of aromatic nitrogens is 2. The number of benzene rings is 1. The molecule has 8 nitrogen and oxygen atoms in total. The van der Waals surface area contributed by atoms with E-state index in [2.05, 4.69) is 10.4 Å². The maximum atomic E-state index is 12.5. The number of aliphatic carboxylic acids is 1. The van der Waals surface area contributed by atoms with Gasteiger partial charge in [-0.3, -0.25) is 9.48 Å². The lowest BCUT2D eigenvalue weighted by molar-refractivity contribution is -0.146. The number of ether oxygens (including phenoxy) is 2. The monoisotopic (exact) mass is 375 g/mol. The van der Waals surface area contributed by atoms with Crippen LogP contribution in [0.15, 0.2) is 30.6 Å². The molecule has 146 valence electrons. The molecule has 2 N–H and O–H groups in total. The van der Waals surface area contributed by atoms with Crippen LogP contribution in [0, 0.1) is 0 Å². The molecule has 2 aromatic rings. The van der Waals surface area contributed by atoms with Crippen LogP contribution in [0.4, 0.5) is 5.69 Å². The van der Waals surface area contributed by atoms with Crippen molar-refractivity contribution < 1.29 is 24.2 Å². The average Bonchev–Trinajstić information content (AvgIpc) is 3.10. The van der Waals surface area contributed by atoms with Crippen LogP contribution in [0.25, 0.3) is 0 Å². The van der Waals surface area contributed by atoms with Crippen LogP contribution in [0.3, 0.4) is 0 Å². The van der Waals surface area contributed by atoms with E-state index in [1.807, 2.05) is 13.8 Å². The van der Waals surface area contributed by atoms with Crippen LogP contribution in [-0.4, -0.2) is 40.0 Å². The molecule has 8 heteroatoms. The van der Waals surface area contributed by atoms with Gasteiger partial charge >= 0.3 is 5.97 Å². The molecule has 0 saturated carbocycles. The Morgan fingerprint density at radius 2 is 1.96 bits per heavy atom. The molecule has 0 saturated heterocycles. The van der Waals surface area contributed by atoms with Crippen molar-refractivity contribution in [2.24, 2.45) is 0 Å². The van der Waals surface area contributed by atoms with Crippen molar-refractivity contribution in [3.8, 4) is 11.5 Å². The summed E-state index contributed by atoms with van der Waals surface area (Å²) in [5.41, 5.74) is -0.422. The molecule has 0 unspecified atom stereocenters. The third kappa shape index (κ3) is 4.78. The van der Waals surface area contributed by atoms with Gasteiger partial charge in [0, 0.05) is 11.8 Å². The second-order valence-electron chi connectivity index (χ2n) is 6.43. The minimum absolute atomic E-state index is 0.356. The zero-order valence-electron chi connectivity index (χ0n) is 16.0. The summed E-state index contributed by atoms with van der Waals surface area (Å²) in [7, 11) is 0. The Morgan fingerprint density at radius 3 is 2.59 bits per heavy atom. The summed E-state index contributed by atoms with van der Waals surface area (Å²) in [6, 6.07) is 4.97. The van der Waals surface area contributed by atoms with E-state index in [4.69, 9.17) is 9.47 Å². The first-order valence-electron chi connectivity index (χ1n) is 8.79. The Kier molecular flexibility index (Phi) is 6.44. The molecule has 0 aliphatic carbocycles. The summed E-state index contributed by atoms with van der Waals surface area (Å²) in [6.07, 6.45) is 3.75. The van der Waals surface area contributed by atoms with Gasteiger partial charge in [0.25, 0.3) is 5.91 Å². The number of hydrogen-bond donors (Lipinski definition) is 2. The van der Waals surface area contributed by atoms with Gasteiger partial charge in [-0.2, -0.15) is 5.10 Å². The molecule has 0 aliphatic rings. The summed E-state index contributed by atoms with van der Waals surface area (Å²) in [5, 5.41) is 16.0. The molecule has 2 rings (SSSR count). The van der Waals surface area contributed by atoms with Crippen molar-refractivity contribution in [3.63, 3.8) is 0 Å². The zero-order valence-corrected chi connectivity index (χ0v) is 16.0. The van der Waals surface area contributed by atoms with Gasteiger partial charge in [0.05, 0.1) is 25.1 Å². The number of carboxylic acid groups (broad SMARTS) is 1. The molecule has 1 amide bonds. The highest BCUT2D eigenvalue weighted by Gasteiger charge is 2.30. The average molecular weight is 375 g/mol. The molecule has 0 radical (unpaired) electrons. The summed E-state index contributed by atoms with van der Waals surface area (Å²) >= 11 is 0. The second kappa shape index (κ2) is 8.57. The number of carboxylic acids is 1. The molecular weight excluding hydrogens is 350 g/mol. The molecular formula is C19H25N3O5. The van der Waals surface area contributed by atoms with Crippen molar-refractivity contribution in [3.05, 3.63) is 36.2 Å². The Morgan fingerprint density at radius 1 is 1.22 bits per heavy atom. The fourth-order valence-corrected chi connectivity index (χ4v) is 2.24. The van der Waals surface area contributed by atoms with E-state index in [1.165, 1.54) is 30.9 Å². The topological polar surface area (TPSA) is 103 Å². The van der Waals surface area contributed by atoms with E-state index in [-0.39, 0.29) is 5.91 Å². The smallest absolute Gasteiger partial charge is 0.331 e. The number of carbonyl (C=O) groups excluding carboxylic acids is 1. The van der Waals surface area contributed by atoms with Crippen molar-refractivity contribution in [1.82, 2.24) is 9.78 Å². The van der Waals surface area contributed by atoms with Gasteiger partial charge in [-0.05, 0) is 45.4 Å². The highest BCUT2D eigenvalue weighted by molar-refractivity contribution is 6.04. The largest absolute Gasteiger partial charge is 0.490 e. The van der Waals surface area contributed by atoms with Crippen molar-refractivity contribution in [2.45, 2.75) is 39.7 Å². The lowest BCUT2D eigenvalue weighted by Crippen LogP contribution is -2.35. The number of anilines is 1. The first kappa shape index (κ1) is 20.3. The normalized spacial score (nSPS) is 11.1. The lowest BCUT2D eigenvalue weighted by atomic mass is 10.1. The molecule has 1 heterocycles. The number of hydrogen-bond acceptors (Lipinski definition) is 5. The van der Waals surface area contributed by atoms with Gasteiger partial charge in [-0.15, -0.1) is 0 Å². The number of rotatable bonds is 9. The van der Waals surface area contributed by atoms with E-state index >= 15 is 0 Å². The highest BCUT2D eigenvalue weighted by Crippen LogP contribution is 2.29. The number of amides is 1. The highest BCUT2D eigenvalue weighted by atomic mass is 16.5. The quantitative estimate of drug-likeness (QED) is 0.698. The predicted octanol–water partition coefficient (Wildman–Crippen LogP) is 3.14. The Labute approximate surface area is 158 Å². The summed E-state index contributed by atoms with van der Waals surface area (Å²) in [4.78, 5) is 23.8. The minimum Gasteiger partial charge on any atom is -0.490 e. The standard InChI is InChI=1S/C19H25N3O5/c1-5-9-27-15-8-7-13(10-16(15)26-6-2)17(23)21-14-11-20-22(12-14)19(3,4)18(24)25/h7-8,10-12H,5-6,9H2,1-4H3,(H,21,23)(H,24,25). The van der Waals surface area contributed by atoms with Crippen molar-refractivity contribution >= 4 is 17.6 Å². The number of nitrogens with zero attached hydrogens (tertiary/aromatic N) is 2. The third-order valence-corrected chi connectivity index (χ3v) is 3.90. The van der Waals surface area contributed by atoms with Gasteiger partial charge in [-0.1, -0.05) is 6.92 Å². The third-order valence-electron chi connectivity index (χ3n) is 3.90. The minimum atomic E-state index is -1.22. The van der Waals surface area contributed by atoms with E-state index in [9.17, 15) is 14.7 Å². The molecule has 0 bridgehead atoms. The maximum absolute atomic E-state index is 12.5. The Hall–Kier alpha value is -3.03. The van der Waals surface area contributed by atoms with Crippen LogP contribution >= 0.6 is 0 Å². The zero-order chi connectivity index (χ0) is 20.0. The van der Waals surface area contributed by atoms with Gasteiger partial charge in [-0.25, -0.2) is 4.79 Å². The van der Waals surface area contributed by atoms with Crippen LogP contribution in [0.2, 0.25) is 0 Å². The summed E-state index contributed by atoms with van der Waals surface area (Å²) in [5.74, 6) is -0.286. The maximum Gasteiger partial charge on any atom is 0.331 e. The van der Waals surface area contributed by atoms with Crippen LogP contribution in [-0.2, 0) is 10.3 Å². The molecule has 1 aromatic heterocycles. The van der Waals surface area contributed by atoms with Gasteiger partial charge in [0.1, 0.15) is 0 Å².